The van der Waals surface area contributed by atoms with E-state index in [2.05, 4.69) is 20.9 Å². The third-order valence-electron chi connectivity index (χ3n) is 5.13. The monoisotopic (exact) mass is 442 g/mol. The van der Waals surface area contributed by atoms with Crippen LogP contribution in [0.2, 0.25) is 0 Å². The molecule has 0 bridgehead atoms. The number of carbonyl (C=O) groups is 2. The minimum absolute atomic E-state index is 0.137. The quantitative estimate of drug-likeness (QED) is 0.585. The number of carbonyl (C=O) groups excluding carboxylic acids is 2. The van der Waals surface area contributed by atoms with Crippen LogP contribution in [0.3, 0.4) is 0 Å². The van der Waals surface area contributed by atoms with Gasteiger partial charge in [-0.25, -0.2) is 17.9 Å². The molecular formula is C20H22N6O4S. The Morgan fingerprint density at radius 3 is 2.32 bits per heavy atom. The maximum atomic E-state index is 12.6. The predicted octanol–water partition coefficient (Wildman–Crippen LogP) is 1.21. The van der Waals surface area contributed by atoms with Crippen molar-refractivity contribution < 1.29 is 18.0 Å². The number of hydrogen-bond acceptors (Lipinski definition) is 6. The van der Waals surface area contributed by atoms with Crippen molar-refractivity contribution in [2.24, 2.45) is 0 Å². The average Bonchev–Trinajstić information content (AvgIpc) is 3.42. The van der Waals surface area contributed by atoms with Crippen LogP contribution in [0.25, 0.3) is 5.65 Å². The molecule has 2 N–H and O–H groups in total. The minimum Gasteiger partial charge on any atom is -0.267 e. The third kappa shape index (κ3) is 4.01. The molecule has 0 spiro atoms. The van der Waals surface area contributed by atoms with Crippen LogP contribution in [0, 0.1) is 13.8 Å². The number of sulfonamides is 1. The van der Waals surface area contributed by atoms with Crippen molar-refractivity contribution in [1.29, 1.82) is 0 Å². The molecule has 0 saturated carbocycles. The molecule has 0 unspecified atom stereocenters. The lowest BCUT2D eigenvalue weighted by Crippen LogP contribution is -2.41. The van der Waals surface area contributed by atoms with Gasteiger partial charge in [0.2, 0.25) is 10.0 Å². The molecule has 3 aromatic rings. The summed E-state index contributed by atoms with van der Waals surface area (Å²) in [5.41, 5.74) is 7.07. The van der Waals surface area contributed by atoms with Crippen molar-refractivity contribution in [2.45, 2.75) is 31.6 Å². The number of hydrazine groups is 1. The Balaban J connectivity index is 1.44. The van der Waals surface area contributed by atoms with Crippen molar-refractivity contribution in [3.63, 3.8) is 0 Å². The summed E-state index contributed by atoms with van der Waals surface area (Å²) in [6.07, 6.45) is 3.08. The van der Waals surface area contributed by atoms with Gasteiger partial charge in [0, 0.05) is 30.0 Å². The first kappa shape index (κ1) is 20.9. The highest BCUT2D eigenvalue weighted by Crippen LogP contribution is 2.21. The SMILES string of the molecule is Cc1cc(C)n2ncc(C(=O)NNC(=O)c3ccc(S(=O)(=O)N4CCCC4)cc3)c2n1. The number of amides is 2. The molecule has 0 aliphatic carbocycles. The van der Waals surface area contributed by atoms with Crippen LogP contribution in [0.5, 0.6) is 0 Å². The van der Waals surface area contributed by atoms with Crippen LogP contribution < -0.4 is 10.9 Å². The number of nitrogens with zero attached hydrogens (tertiary/aromatic N) is 4. The Kier molecular flexibility index (Phi) is 5.46. The van der Waals surface area contributed by atoms with Gasteiger partial charge < -0.3 is 0 Å². The molecule has 162 valence electrons. The van der Waals surface area contributed by atoms with Gasteiger partial charge in [-0.2, -0.15) is 9.40 Å². The zero-order valence-electron chi connectivity index (χ0n) is 17.1. The fraction of sp³-hybridized carbons (Fsp3) is 0.300. The molecule has 1 aliphatic rings. The average molecular weight is 443 g/mol. The minimum atomic E-state index is -3.55. The van der Waals surface area contributed by atoms with Crippen molar-refractivity contribution in [1.82, 2.24) is 29.8 Å². The number of rotatable bonds is 4. The van der Waals surface area contributed by atoms with E-state index in [9.17, 15) is 18.0 Å². The van der Waals surface area contributed by atoms with Crippen LogP contribution in [-0.2, 0) is 10.0 Å². The molecule has 2 aromatic heterocycles. The van der Waals surface area contributed by atoms with E-state index in [1.54, 1.807) is 4.52 Å². The Labute approximate surface area is 179 Å². The lowest BCUT2D eigenvalue weighted by molar-refractivity contribution is 0.0847. The van der Waals surface area contributed by atoms with E-state index in [-0.39, 0.29) is 16.0 Å². The number of aryl methyl sites for hydroxylation is 2. The second-order valence-corrected chi connectivity index (χ2v) is 9.31. The summed E-state index contributed by atoms with van der Waals surface area (Å²) in [6, 6.07) is 7.45. The highest BCUT2D eigenvalue weighted by atomic mass is 32.2. The van der Waals surface area contributed by atoms with Crippen LogP contribution in [0.4, 0.5) is 0 Å². The van der Waals surface area contributed by atoms with E-state index < -0.39 is 21.8 Å². The van der Waals surface area contributed by atoms with Gasteiger partial charge in [-0.15, -0.1) is 0 Å². The van der Waals surface area contributed by atoms with Gasteiger partial charge in [-0.1, -0.05) is 0 Å². The number of benzene rings is 1. The molecule has 0 atom stereocenters. The van der Waals surface area contributed by atoms with E-state index in [4.69, 9.17) is 0 Å². The molecule has 3 heterocycles. The normalized spacial score (nSPS) is 14.6. The fourth-order valence-electron chi connectivity index (χ4n) is 3.54. The third-order valence-corrected chi connectivity index (χ3v) is 7.04. The number of hydrogen-bond donors (Lipinski definition) is 2. The molecule has 4 rings (SSSR count). The van der Waals surface area contributed by atoms with Gasteiger partial charge >= 0.3 is 0 Å². The zero-order chi connectivity index (χ0) is 22.2. The van der Waals surface area contributed by atoms with Gasteiger partial charge in [-0.05, 0) is 57.0 Å². The Bertz CT molecular complexity index is 1260. The van der Waals surface area contributed by atoms with Crippen molar-refractivity contribution >= 4 is 27.5 Å². The second kappa shape index (κ2) is 8.08. The standard InChI is InChI=1S/C20H22N6O4S/c1-13-11-14(2)26-18(22-13)17(12-21-26)20(28)24-23-19(27)15-5-7-16(8-6-15)31(29,30)25-9-3-4-10-25/h5-8,11-12H,3-4,9-10H2,1-2H3,(H,23,27)(H,24,28). The highest BCUT2D eigenvalue weighted by Gasteiger charge is 2.27. The summed E-state index contributed by atoms with van der Waals surface area (Å²) < 4.78 is 28.1. The van der Waals surface area contributed by atoms with Crippen LogP contribution in [-0.4, -0.2) is 52.2 Å². The Morgan fingerprint density at radius 2 is 1.65 bits per heavy atom. The molecule has 10 nitrogen and oxygen atoms in total. The zero-order valence-corrected chi connectivity index (χ0v) is 17.9. The predicted molar refractivity (Wildman–Crippen MR) is 112 cm³/mol. The molecule has 1 fully saturated rings. The van der Waals surface area contributed by atoms with E-state index in [0.29, 0.717) is 18.7 Å². The number of nitrogens with one attached hydrogen (secondary N) is 2. The highest BCUT2D eigenvalue weighted by molar-refractivity contribution is 7.89. The number of aromatic nitrogens is 3. The summed E-state index contributed by atoms with van der Waals surface area (Å²) in [4.78, 5) is 29.4. The Morgan fingerprint density at radius 1 is 1.00 bits per heavy atom. The molecular weight excluding hydrogens is 420 g/mol. The van der Waals surface area contributed by atoms with Crippen LogP contribution in [0.15, 0.2) is 41.4 Å². The molecule has 0 radical (unpaired) electrons. The first-order valence-corrected chi connectivity index (χ1v) is 11.2. The van der Waals surface area contributed by atoms with Crippen molar-refractivity contribution in [3.05, 3.63) is 59.0 Å². The summed E-state index contributed by atoms with van der Waals surface area (Å²) in [7, 11) is -3.55. The van der Waals surface area contributed by atoms with Crippen molar-refractivity contribution in [2.75, 3.05) is 13.1 Å². The Hall–Kier alpha value is -3.31. The molecule has 2 amide bonds. The molecule has 11 heteroatoms. The largest absolute Gasteiger partial charge is 0.275 e. The summed E-state index contributed by atoms with van der Waals surface area (Å²) in [5, 5.41) is 4.15. The van der Waals surface area contributed by atoms with Gasteiger partial charge in [0.25, 0.3) is 11.8 Å². The van der Waals surface area contributed by atoms with Gasteiger partial charge in [0.15, 0.2) is 5.65 Å². The van der Waals surface area contributed by atoms with E-state index in [1.165, 1.54) is 34.8 Å². The van der Waals surface area contributed by atoms with E-state index >= 15 is 0 Å². The maximum Gasteiger partial charge on any atom is 0.275 e. The summed E-state index contributed by atoms with van der Waals surface area (Å²) in [6.45, 7) is 4.69. The molecule has 1 saturated heterocycles. The van der Waals surface area contributed by atoms with Gasteiger partial charge in [-0.3, -0.25) is 20.4 Å². The molecule has 1 aromatic carbocycles. The van der Waals surface area contributed by atoms with Crippen LogP contribution >= 0.6 is 0 Å². The maximum absolute atomic E-state index is 12.6. The van der Waals surface area contributed by atoms with Gasteiger partial charge in [0.05, 0.1) is 11.1 Å². The lowest BCUT2D eigenvalue weighted by Gasteiger charge is -2.15. The van der Waals surface area contributed by atoms with E-state index in [0.717, 1.165) is 24.2 Å². The van der Waals surface area contributed by atoms with Gasteiger partial charge in [0.1, 0.15) is 5.56 Å². The molecule has 1 aliphatic heterocycles. The fourth-order valence-corrected chi connectivity index (χ4v) is 5.06. The lowest BCUT2D eigenvalue weighted by atomic mass is 10.2. The second-order valence-electron chi connectivity index (χ2n) is 7.38. The first-order valence-electron chi connectivity index (χ1n) is 9.80. The van der Waals surface area contributed by atoms with Crippen LogP contribution in [0.1, 0.15) is 44.9 Å². The van der Waals surface area contributed by atoms with E-state index in [1.807, 2.05) is 19.9 Å². The topological polar surface area (TPSA) is 126 Å². The molecule has 31 heavy (non-hydrogen) atoms. The summed E-state index contributed by atoms with van der Waals surface area (Å²) >= 11 is 0. The smallest absolute Gasteiger partial charge is 0.267 e. The summed E-state index contributed by atoms with van der Waals surface area (Å²) in [5.74, 6) is -1.13. The number of fused-ring (bicyclic) bond motifs is 1. The first-order chi connectivity index (χ1) is 14.8. The van der Waals surface area contributed by atoms with Crippen molar-refractivity contribution in [3.8, 4) is 0 Å².